The maximum absolute atomic E-state index is 12.6. The normalized spacial score (nSPS) is 39.5. The van der Waals surface area contributed by atoms with Crippen molar-refractivity contribution in [3.05, 3.63) is 0 Å². The van der Waals surface area contributed by atoms with Crippen molar-refractivity contribution in [2.45, 2.75) is 123 Å². The first kappa shape index (κ1) is 31.7. The van der Waals surface area contributed by atoms with Crippen LogP contribution in [0.2, 0.25) is 0 Å². The molecule has 0 aliphatic heterocycles. The average molecular weight is 562 g/mol. The van der Waals surface area contributed by atoms with Crippen LogP contribution in [0.15, 0.2) is 0 Å². The standard InChI is InChI=1S/C33H59N3O4/c1-22(8-11-31(40)36-19-7-17-34-16-5-6-18-35-23(2)37)26-9-10-27-25-21-30(39)29-20-24(38)12-14-33(29,4)28(25)13-15-32(26,27)3/h22,24-30,34,38-39H,5-21H2,1-4H3,(H,35,37)(H,36,40)/t22-,24-,25+,26-,27+,28+,29+,30+,32-,33-/m1/s1. The van der Waals surface area contributed by atoms with Gasteiger partial charge in [-0.05, 0) is 136 Å². The molecule has 10 atom stereocenters. The lowest BCUT2D eigenvalue weighted by atomic mass is 9.44. The minimum absolute atomic E-state index is 0.0291. The lowest BCUT2D eigenvalue weighted by Gasteiger charge is -2.62. The van der Waals surface area contributed by atoms with Crippen molar-refractivity contribution in [1.29, 1.82) is 0 Å². The summed E-state index contributed by atoms with van der Waals surface area (Å²) in [5.74, 6) is 3.65. The molecule has 4 aliphatic rings. The second-order valence-corrected chi connectivity index (χ2v) is 14.6. The van der Waals surface area contributed by atoms with Crippen LogP contribution in [-0.2, 0) is 9.59 Å². The van der Waals surface area contributed by atoms with E-state index in [9.17, 15) is 19.8 Å². The third-order valence-electron chi connectivity index (χ3n) is 12.2. The van der Waals surface area contributed by atoms with Gasteiger partial charge < -0.3 is 26.2 Å². The van der Waals surface area contributed by atoms with E-state index in [1.54, 1.807) is 6.92 Å². The van der Waals surface area contributed by atoms with Gasteiger partial charge in [-0.25, -0.2) is 0 Å². The molecule has 7 heteroatoms. The van der Waals surface area contributed by atoms with E-state index in [1.165, 1.54) is 25.7 Å². The van der Waals surface area contributed by atoms with Gasteiger partial charge in [-0.15, -0.1) is 0 Å². The molecule has 4 rings (SSSR count). The van der Waals surface area contributed by atoms with Crippen molar-refractivity contribution in [3.63, 3.8) is 0 Å². The van der Waals surface area contributed by atoms with E-state index in [1.807, 2.05) is 0 Å². The van der Waals surface area contributed by atoms with Crippen LogP contribution < -0.4 is 16.0 Å². The summed E-state index contributed by atoms with van der Waals surface area (Å²) in [6.07, 6.45) is 12.8. The van der Waals surface area contributed by atoms with Gasteiger partial charge in [-0.2, -0.15) is 0 Å². The zero-order valence-electron chi connectivity index (χ0n) is 25.9. The predicted octanol–water partition coefficient (Wildman–Crippen LogP) is 4.41. The van der Waals surface area contributed by atoms with Crippen LogP contribution in [0.5, 0.6) is 0 Å². The van der Waals surface area contributed by atoms with Crippen LogP contribution in [0, 0.1) is 46.3 Å². The third kappa shape index (κ3) is 7.06. The van der Waals surface area contributed by atoms with Crippen LogP contribution >= 0.6 is 0 Å². The largest absolute Gasteiger partial charge is 0.393 e. The smallest absolute Gasteiger partial charge is 0.220 e. The second-order valence-electron chi connectivity index (χ2n) is 14.6. The number of amides is 2. The molecule has 4 aliphatic carbocycles. The van der Waals surface area contributed by atoms with Crippen molar-refractivity contribution in [1.82, 2.24) is 16.0 Å². The molecule has 2 amide bonds. The number of aliphatic hydroxyl groups is 2. The molecule has 4 fully saturated rings. The number of hydrogen-bond donors (Lipinski definition) is 5. The van der Waals surface area contributed by atoms with Crippen LogP contribution in [-0.4, -0.2) is 60.4 Å². The fourth-order valence-corrected chi connectivity index (χ4v) is 10.1. The Balaban J connectivity index is 1.17. The molecule has 0 spiro atoms. The molecule has 7 nitrogen and oxygen atoms in total. The highest BCUT2D eigenvalue weighted by molar-refractivity contribution is 5.75. The Bertz CT molecular complexity index is 854. The molecule has 0 aromatic heterocycles. The Morgan fingerprint density at radius 1 is 0.825 bits per heavy atom. The summed E-state index contributed by atoms with van der Waals surface area (Å²) >= 11 is 0. The zero-order chi connectivity index (χ0) is 28.9. The van der Waals surface area contributed by atoms with Gasteiger partial charge in [-0.1, -0.05) is 20.8 Å². The maximum atomic E-state index is 12.6. The van der Waals surface area contributed by atoms with Crippen molar-refractivity contribution >= 4 is 11.8 Å². The monoisotopic (exact) mass is 561 g/mol. The first-order chi connectivity index (χ1) is 19.1. The molecule has 0 heterocycles. The number of carbonyl (C=O) groups is 2. The number of unbranched alkanes of at least 4 members (excludes halogenated alkanes) is 1. The SMILES string of the molecule is CC(=O)NCCCCNCCCNC(=O)CC[C@@H](C)[C@H]1CC[C@H]2[C@@H]3C[C@H](O)[C@@H]4C[C@H](O)CC[C@]4(C)[C@H]3CC[C@]12C. The summed E-state index contributed by atoms with van der Waals surface area (Å²) < 4.78 is 0. The second kappa shape index (κ2) is 13.9. The first-order valence-electron chi connectivity index (χ1n) is 16.6. The van der Waals surface area contributed by atoms with E-state index < -0.39 is 0 Å². The van der Waals surface area contributed by atoms with Gasteiger partial charge in [0.05, 0.1) is 12.2 Å². The molecule has 0 bridgehead atoms. The summed E-state index contributed by atoms with van der Waals surface area (Å²) in [5.41, 5.74) is 0.496. The van der Waals surface area contributed by atoms with E-state index in [0.717, 1.165) is 77.5 Å². The van der Waals surface area contributed by atoms with Gasteiger partial charge in [0, 0.05) is 26.4 Å². The highest BCUT2D eigenvalue weighted by Crippen LogP contribution is 2.68. The number of carbonyl (C=O) groups excluding carboxylic acids is 2. The predicted molar refractivity (Wildman–Crippen MR) is 159 cm³/mol. The Labute approximate surface area is 243 Å². The quantitative estimate of drug-likeness (QED) is 0.214. The van der Waals surface area contributed by atoms with Crippen LogP contribution in [0.4, 0.5) is 0 Å². The topological polar surface area (TPSA) is 111 Å². The molecular weight excluding hydrogens is 502 g/mol. The molecule has 40 heavy (non-hydrogen) atoms. The fraction of sp³-hybridized carbons (Fsp3) is 0.939. The maximum Gasteiger partial charge on any atom is 0.220 e. The van der Waals surface area contributed by atoms with E-state index in [0.29, 0.717) is 41.4 Å². The minimum atomic E-state index is -0.269. The number of rotatable bonds is 13. The van der Waals surface area contributed by atoms with Crippen molar-refractivity contribution < 1.29 is 19.8 Å². The molecule has 230 valence electrons. The molecule has 5 N–H and O–H groups in total. The summed E-state index contributed by atoms with van der Waals surface area (Å²) in [4.78, 5) is 23.5. The molecular formula is C33H59N3O4. The average Bonchev–Trinajstić information content (AvgIpc) is 3.27. The molecule has 0 radical (unpaired) electrons. The lowest BCUT2D eigenvalue weighted by molar-refractivity contribution is -0.172. The summed E-state index contributed by atoms with van der Waals surface area (Å²) in [5, 5.41) is 30.9. The minimum Gasteiger partial charge on any atom is -0.393 e. The molecule has 0 aromatic rings. The van der Waals surface area contributed by atoms with Gasteiger partial charge in [-0.3, -0.25) is 9.59 Å². The Morgan fingerprint density at radius 2 is 1.50 bits per heavy atom. The van der Waals surface area contributed by atoms with Crippen LogP contribution in [0.1, 0.15) is 111 Å². The lowest BCUT2D eigenvalue weighted by Crippen LogP contribution is -2.58. The Morgan fingerprint density at radius 3 is 2.27 bits per heavy atom. The van der Waals surface area contributed by atoms with E-state index in [2.05, 4.69) is 36.7 Å². The molecule has 0 aromatic carbocycles. The van der Waals surface area contributed by atoms with Gasteiger partial charge in [0.15, 0.2) is 0 Å². The van der Waals surface area contributed by atoms with Gasteiger partial charge >= 0.3 is 0 Å². The van der Waals surface area contributed by atoms with E-state index in [4.69, 9.17) is 0 Å². The Hall–Kier alpha value is -1.18. The fourth-order valence-electron chi connectivity index (χ4n) is 10.1. The zero-order valence-corrected chi connectivity index (χ0v) is 25.9. The first-order valence-corrected chi connectivity index (χ1v) is 16.6. The summed E-state index contributed by atoms with van der Waals surface area (Å²) in [6.45, 7) is 12.2. The summed E-state index contributed by atoms with van der Waals surface area (Å²) in [6, 6.07) is 0. The van der Waals surface area contributed by atoms with Crippen molar-refractivity contribution in [2.75, 3.05) is 26.2 Å². The van der Waals surface area contributed by atoms with Crippen LogP contribution in [0.25, 0.3) is 0 Å². The van der Waals surface area contributed by atoms with Crippen LogP contribution in [0.3, 0.4) is 0 Å². The number of aliphatic hydroxyl groups excluding tert-OH is 2. The molecule has 0 unspecified atom stereocenters. The Kier molecular flexibility index (Phi) is 11.0. The van der Waals surface area contributed by atoms with Crippen molar-refractivity contribution in [3.8, 4) is 0 Å². The van der Waals surface area contributed by atoms with E-state index >= 15 is 0 Å². The number of hydrogen-bond acceptors (Lipinski definition) is 5. The number of nitrogens with one attached hydrogen (secondary N) is 3. The molecule has 4 saturated carbocycles. The molecule has 0 saturated heterocycles. The van der Waals surface area contributed by atoms with Crippen molar-refractivity contribution in [2.24, 2.45) is 46.3 Å². The van der Waals surface area contributed by atoms with Gasteiger partial charge in [0.25, 0.3) is 0 Å². The number of fused-ring (bicyclic) bond motifs is 5. The highest BCUT2D eigenvalue weighted by Gasteiger charge is 2.62. The van der Waals surface area contributed by atoms with Gasteiger partial charge in [0.1, 0.15) is 0 Å². The van der Waals surface area contributed by atoms with E-state index in [-0.39, 0.29) is 35.4 Å². The van der Waals surface area contributed by atoms with Gasteiger partial charge in [0.2, 0.25) is 11.8 Å². The highest BCUT2D eigenvalue weighted by atomic mass is 16.3. The third-order valence-corrected chi connectivity index (χ3v) is 12.2. The summed E-state index contributed by atoms with van der Waals surface area (Å²) in [7, 11) is 0.